The lowest BCUT2D eigenvalue weighted by atomic mass is 10.2. The third kappa shape index (κ3) is 2.66. The monoisotopic (exact) mass is 252 g/mol. The van der Waals surface area contributed by atoms with Gasteiger partial charge in [-0.3, -0.25) is 0 Å². The molecular formula is C7H6BrFO2S. The Morgan fingerprint density at radius 3 is 2.83 bits per heavy atom. The van der Waals surface area contributed by atoms with E-state index < -0.39 is 16.9 Å². The first-order chi connectivity index (χ1) is 5.59. The van der Waals surface area contributed by atoms with Crippen molar-refractivity contribution in [1.29, 1.82) is 0 Å². The molecule has 1 aromatic carbocycles. The zero-order valence-electron chi connectivity index (χ0n) is 5.96. The summed E-state index contributed by atoms with van der Waals surface area (Å²) in [5.41, 5.74) is 0.241. The van der Waals surface area contributed by atoms with E-state index in [4.69, 9.17) is 4.55 Å². The minimum atomic E-state index is -2.00. The van der Waals surface area contributed by atoms with Crippen molar-refractivity contribution in [2.24, 2.45) is 0 Å². The molecule has 0 aliphatic rings. The molecule has 12 heavy (non-hydrogen) atoms. The quantitative estimate of drug-likeness (QED) is 0.821. The normalized spacial score (nSPS) is 12.9. The first-order valence-corrected chi connectivity index (χ1v) is 5.18. The summed E-state index contributed by atoms with van der Waals surface area (Å²) in [6.07, 6.45) is 0. The van der Waals surface area contributed by atoms with Crippen LogP contribution in [0.15, 0.2) is 22.7 Å². The number of halogens is 2. The number of rotatable bonds is 2. The molecule has 0 saturated carbocycles. The molecule has 0 aliphatic carbocycles. The van der Waals surface area contributed by atoms with Gasteiger partial charge in [-0.1, -0.05) is 15.9 Å². The van der Waals surface area contributed by atoms with E-state index in [1.165, 1.54) is 12.1 Å². The molecule has 0 bridgehead atoms. The summed E-state index contributed by atoms with van der Waals surface area (Å²) in [6.45, 7) is 0. The van der Waals surface area contributed by atoms with Crippen LogP contribution in [-0.2, 0) is 16.8 Å². The van der Waals surface area contributed by atoms with Crippen molar-refractivity contribution in [3.63, 3.8) is 0 Å². The minimum Gasteiger partial charge on any atom is -0.306 e. The Morgan fingerprint density at radius 2 is 2.25 bits per heavy atom. The van der Waals surface area contributed by atoms with Crippen molar-refractivity contribution in [3.05, 3.63) is 34.1 Å². The Morgan fingerprint density at radius 1 is 1.58 bits per heavy atom. The minimum absolute atomic E-state index is 0.175. The lowest BCUT2D eigenvalue weighted by Crippen LogP contribution is -1.96. The second kappa shape index (κ2) is 4.11. The van der Waals surface area contributed by atoms with Crippen molar-refractivity contribution in [1.82, 2.24) is 0 Å². The third-order valence-electron chi connectivity index (χ3n) is 1.29. The van der Waals surface area contributed by atoms with E-state index in [1.54, 1.807) is 6.07 Å². The van der Waals surface area contributed by atoms with Gasteiger partial charge in [0.1, 0.15) is 5.82 Å². The average molecular weight is 253 g/mol. The van der Waals surface area contributed by atoms with Gasteiger partial charge in [0.25, 0.3) is 0 Å². The first-order valence-electron chi connectivity index (χ1n) is 3.11. The highest BCUT2D eigenvalue weighted by atomic mass is 79.9. The predicted molar refractivity (Wildman–Crippen MR) is 48.6 cm³/mol. The van der Waals surface area contributed by atoms with Crippen LogP contribution >= 0.6 is 15.9 Å². The highest BCUT2D eigenvalue weighted by Gasteiger charge is 2.04. The van der Waals surface area contributed by atoms with Gasteiger partial charge < -0.3 is 4.55 Å². The molecule has 1 atom stereocenters. The van der Waals surface area contributed by atoms with Gasteiger partial charge in [0.2, 0.25) is 0 Å². The Hall–Kier alpha value is -0.260. The van der Waals surface area contributed by atoms with Crippen LogP contribution in [0.5, 0.6) is 0 Å². The van der Waals surface area contributed by atoms with E-state index in [1.807, 2.05) is 0 Å². The molecule has 0 heterocycles. The number of benzene rings is 1. The molecule has 0 aliphatic heterocycles. The summed E-state index contributed by atoms with van der Waals surface area (Å²) >= 11 is 1.14. The first kappa shape index (κ1) is 9.83. The zero-order chi connectivity index (χ0) is 9.14. The van der Waals surface area contributed by atoms with Crippen molar-refractivity contribution < 1.29 is 13.2 Å². The SMILES string of the molecule is O=S(O)Cc1cc(Br)ccc1F. The largest absolute Gasteiger partial charge is 0.306 e. The molecule has 1 unspecified atom stereocenters. The third-order valence-corrected chi connectivity index (χ3v) is 2.34. The summed E-state index contributed by atoms with van der Waals surface area (Å²) in [7, 11) is 0. The Bertz CT molecular complexity index is 316. The average Bonchev–Trinajstić information content (AvgIpc) is 1.96. The second-order valence-electron chi connectivity index (χ2n) is 2.20. The van der Waals surface area contributed by atoms with E-state index >= 15 is 0 Å². The summed E-state index contributed by atoms with van der Waals surface area (Å²) in [5.74, 6) is -0.633. The molecule has 0 radical (unpaired) electrons. The lowest BCUT2D eigenvalue weighted by molar-refractivity contribution is 0.559. The summed E-state index contributed by atoms with van der Waals surface area (Å²) in [4.78, 5) is 0. The fourth-order valence-corrected chi connectivity index (χ4v) is 1.68. The summed E-state index contributed by atoms with van der Waals surface area (Å²) < 4.78 is 32.4. The molecule has 5 heteroatoms. The Labute approximate surface area is 80.2 Å². The van der Waals surface area contributed by atoms with E-state index in [9.17, 15) is 8.60 Å². The number of hydrogen-bond donors (Lipinski definition) is 1. The molecule has 1 rings (SSSR count). The standard InChI is InChI=1S/C7H6BrFO2S/c8-6-1-2-7(9)5(3-6)4-12(10)11/h1-3H,4H2,(H,10,11). The smallest absolute Gasteiger partial charge is 0.157 e. The van der Waals surface area contributed by atoms with E-state index in [-0.39, 0.29) is 11.3 Å². The highest BCUT2D eigenvalue weighted by molar-refractivity contribution is 9.10. The highest BCUT2D eigenvalue weighted by Crippen LogP contribution is 2.16. The zero-order valence-corrected chi connectivity index (χ0v) is 8.36. The van der Waals surface area contributed by atoms with Crippen molar-refractivity contribution in [2.75, 3.05) is 0 Å². The van der Waals surface area contributed by atoms with Crippen LogP contribution in [0.2, 0.25) is 0 Å². The molecule has 0 saturated heterocycles. The van der Waals surface area contributed by atoms with Gasteiger partial charge in [-0.2, -0.15) is 0 Å². The van der Waals surface area contributed by atoms with Crippen molar-refractivity contribution in [3.8, 4) is 0 Å². The summed E-state index contributed by atoms with van der Waals surface area (Å²) in [5, 5.41) is 0. The van der Waals surface area contributed by atoms with Crippen LogP contribution in [0.3, 0.4) is 0 Å². The van der Waals surface area contributed by atoms with Gasteiger partial charge in [-0.05, 0) is 18.2 Å². The predicted octanol–water partition coefficient (Wildman–Crippen LogP) is 2.31. The molecule has 1 aromatic rings. The molecule has 0 amide bonds. The van der Waals surface area contributed by atoms with Crippen LogP contribution in [-0.4, -0.2) is 8.76 Å². The number of hydrogen-bond acceptors (Lipinski definition) is 1. The van der Waals surface area contributed by atoms with Gasteiger partial charge >= 0.3 is 0 Å². The van der Waals surface area contributed by atoms with Crippen LogP contribution in [0.4, 0.5) is 4.39 Å². The molecule has 0 aromatic heterocycles. The maximum atomic E-state index is 12.9. The topological polar surface area (TPSA) is 37.3 Å². The van der Waals surface area contributed by atoms with E-state index in [0.717, 1.165) is 0 Å². The molecule has 1 N–H and O–H groups in total. The Balaban J connectivity index is 2.97. The van der Waals surface area contributed by atoms with Crippen molar-refractivity contribution >= 4 is 27.0 Å². The summed E-state index contributed by atoms with van der Waals surface area (Å²) in [6, 6.07) is 4.29. The lowest BCUT2D eigenvalue weighted by Gasteiger charge is -1.99. The second-order valence-corrected chi connectivity index (χ2v) is 4.05. The van der Waals surface area contributed by atoms with Crippen LogP contribution in [0.25, 0.3) is 0 Å². The van der Waals surface area contributed by atoms with Gasteiger partial charge in [-0.15, -0.1) is 0 Å². The maximum absolute atomic E-state index is 12.9. The van der Waals surface area contributed by atoms with Gasteiger partial charge in [0.05, 0.1) is 5.75 Å². The Kier molecular flexibility index (Phi) is 3.37. The maximum Gasteiger partial charge on any atom is 0.157 e. The van der Waals surface area contributed by atoms with E-state index in [0.29, 0.717) is 4.47 Å². The van der Waals surface area contributed by atoms with E-state index in [2.05, 4.69) is 15.9 Å². The van der Waals surface area contributed by atoms with Gasteiger partial charge in [-0.25, -0.2) is 8.60 Å². The van der Waals surface area contributed by atoms with Crippen LogP contribution in [0, 0.1) is 5.82 Å². The molecule has 0 fully saturated rings. The van der Waals surface area contributed by atoms with Crippen LogP contribution < -0.4 is 0 Å². The van der Waals surface area contributed by atoms with Crippen molar-refractivity contribution in [2.45, 2.75) is 5.75 Å². The van der Waals surface area contributed by atoms with Gasteiger partial charge in [0, 0.05) is 10.0 Å². The fourth-order valence-electron chi connectivity index (χ4n) is 0.787. The molecule has 2 nitrogen and oxygen atoms in total. The van der Waals surface area contributed by atoms with Gasteiger partial charge in [0.15, 0.2) is 11.1 Å². The van der Waals surface area contributed by atoms with Crippen LogP contribution in [0.1, 0.15) is 5.56 Å². The molecule has 0 spiro atoms. The fraction of sp³-hybridized carbons (Fsp3) is 0.143. The molecular weight excluding hydrogens is 247 g/mol. The molecule has 66 valence electrons.